The van der Waals surface area contributed by atoms with Gasteiger partial charge in [0.15, 0.2) is 0 Å². The van der Waals surface area contributed by atoms with Crippen LogP contribution in [-0.2, 0) is 23.6 Å². The summed E-state index contributed by atoms with van der Waals surface area (Å²) in [6, 6.07) is 4.17. The summed E-state index contributed by atoms with van der Waals surface area (Å²) in [5, 5.41) is 4.79. The fourth-order valence-electron chi connectivity index (χ4n) is 2.77. The van der Waals surface area contributed by atoms with Gasteiger partial charge in [-0.05, 0) is 29.8 Å². The molecule has 184 valence electrons. The number of rotatable bonds is 5. The molecule has 1 N–H and O–H groups in total. The van der Waals surface area contributed by atoms with E-state index >= 15 is 0 Å². The first-order valence-corrected chi connectivity index (χ1v) is 9.05. The molecule has 0 aliphatic rings. The Labute approximate surface area is 185 Å². The van der Waals surface area contributed by atoms with Gasteiger partial charge in [0.05, 0.1) is 11.6 Å². The average molecular weight is 500 g/mol. The third kappa shape index (κ3) is 6.02. The molecule has 1 amide bonds. The van der Waals surface area contributed by atoms with Crippen LogP contribution in [0, 0.1) is 0 Å². The Morgan fingerprint density at radius 2 is 1.71 bits per heavy atom. The van der Waals surface area contributed by atoms with Crippen LogP contribution >= 0.6 is 0 Å². The number of hydrogen-bond acceptors (Lipinski definition) is 5. The highest BCUT2D eigenvalue weighted by molar-refractivity contribution is 5.82. The molecule has 0 bridgehead atoms. The third-order valence-electron chi connectivity index (χ3n) is 4.34. The molecule has 1 atom stereocenters. The lowest BCUT2D eigenvalue weighted by Crippen LogP contribution is -2.40. The Balaban J connectivity index is 0.00000432. The van der Waals surface area contributed by atoms with Crippen molar-refractivity contribution in [1.29, 1.82) is 0 Å². The maximum absolute atomic E-state index is 13.0. The fourth-order valence-corrected chi connectivity index (χ4v) is 2.77. The summed E-state index contributed by atoms with van der Waals surface area (Å²) in [6.07, 6.45) is -14.4. The summed E-state index contributed by atoms with van der Waals surface area (Å²) in [5.74, 6) is -4.45. The molecular formula is C19H13F9N4O2. The highest BCUT2D eigenvalue weighted by atomic mass is 19.4. The van der Waals surface area contributed by atoms with Crippen LogP contribution in [0.1, 0.15) is 30.2 Å². The number of aromatic nitrogens is 3. The van der Waals surface area contributed by atoms with Crippen LogP contribution in [0.15, 0.2) is 47.1 Å². The summed E-state index contributed by atoms with van der Waals surface area (Å²) in [5.41, 5.74) is -1.44. The number of alkyl halides is 9. The molecule has 0 spiro atoms. The highest BCUT2D eigenvalue weighted by Crippen LogP contribution is 2.32. The number of amides is 1. The quantitative estimate of drug-likeness (QED) is 0.476. The number of benzene rings is 1. The van der Waals surface area contributed by atoms with Gasteiger partial charge in [-0.3, -0.25) is 9.78 Å². The smallest absolute Gasteiger partial charge is 0.341 e. The van der Waals surface area contributed by atoms with Crippen LogP contribution in [0.4, 0.5) is 39.5 Å². The van der Waals surface area contributed by atoms with E-state index in [1.807, 2.05) is 0 Å². The molecule has 1 aromatic carbocycles. The normalized spacial score (nSPS) is 13.6. The molecule has 0 aliphatic carbocycles. The predicted octanol–water partition coefficient (Wildman–Crippen LogP) is 5.38. The Bertz CT molecular complexity index is 1160. The molecule has 6 nitrogen and oxygen atoms in total. The van der Waals surface area contributed by atoms with Gasteiger partial charge >= 0.3 is 30.3 Å². The minimum absolute atomic E-state index is 0. The van der Waals surface area contributed by atoms with Gasteiger partial charge in [-0.15, -0.1) is 0 Å². The van der Waals surface area contributed by atoms with E-state index in [4.69, 9.17) is 0 Å². The van der Waals surface area contributed by atoms with Gasteiger partial charge in [-0.1, -0.05) is 17.3 Å². The minimum atomic E-state index is -5.30. The molecule has 2 heterocycles. The van der Waals surface area contributed by atoms with Gasteiger partial charge in [0.2, 0.25) is 5.82 Å². The zero-order valence-electron chi connectivity index (χ0n) is 16.4. The van der Waals surface area contributed by atoms with Crippen LogP contribution in [-0.4, -0.2) is 27.2 Å². The standard InChI is InChI=1S/C19H11F9N4O2.H2/c20-17(21,22)11-3-1-2-9(6-11)13(30-15(33)18(23,24)25)7-12-5-4-10(8-29-12)14-31-16(34-32-14)19(26,27)28;/h1-6,8,13H,7H2,(H,30,33);1H. The molecule has 0 saturated carbocycles. The SMILES string of the molecule is O=C(NC(Cc1ccc(-c2noc(C(F)(F)F)n2)cn1)c1cccc(C(F)(F)F)c1)C(F)(F)F.[HH]. The molecule has 1 unspecified atom stereocenters. The molecule has 2 aromatic heterocycles. The maximum Gasteiger partial charge on any atom is 0.471 e. The van der Waals surface area contributed by atoms with Crippen LogP contribution in [0.25, 0.3) is 11.4 Å². The molecule has 3 aromatic rings. The number of carbonyl (C=O) groups is 1. The number of halogens is 9. The number of nitrogens with one attached hydrogen (secondary N) is 1. The molecular weight excluding hydrogens is 487 g/mol. The van der Waals surface area contributed by atoms with Crippen molar-refractivity contribution < 1.29 is 50.3 Å². The molecule has 0 aliphatic heterocycles. The largest absolute Gasteiger partial charge is 0.471 e. The van der Waals surface area contributed by atoms with E-state index in [0.717, 1.165) is 18.3 Å². The van der Waals surface area contributed by atoms with Gasteiger partial charge < -0.3 is 9.84 Å². The van der Waals surface area contributed by atoms with Crippen LogP contribution in [0.2, 0.25) is 0 Å². The van der Waals surface area contributed by atoms with E-state index in [2.05, 4.69) is 19.6 Å². The molecule has 34 heavy (non-hydrogen) atoms. The second-order valence-corrected chi connectivity index (χ2v) is 6.81. The van der Waals surface area contributed by atoms with Crippen molar-refractivity contribution in [2.75, 3.05) is 0 Å². The molecule has 0 saturated heterocycles. The Morgan fingerprint density at radius 1 is 1.00 bits per heavy atom. The first kappa shape index (κ1) is 25.0. The van der Waals surface area contributed by atoms with Gasteiger partial charge in [0.25, 0.3) is 0 Å². The van der Waals surface area contributed by atoms with Crippen molar-refractivity contribution >= 4 is 5.91 Å². The lowest BCUT2D eigenvalue weighted by molar-refractivity contribution is -0.174. The summed E-state index contributed by atoms with van der Waals surface area (Å²) in [7, 11) is 0. The van der Waals surface area contributed by atoms with Crippen molar-refractivity contribution in [3.8, 4) is 11.4 Å². The number of pyridine rings is 1. The van der Waals surface area contributed by atoms with E-state index in [9.17, 15) is 44.3 Å². The summed E-state index contributed by atoms with van der Waals surface area (Å²) >= 11 is 0. The number of nitrogens with zero attached hydrogens (tertiary/aromatic N) is 3. The number of hydrogen-bond donors (Lipinski definition) is 1. The second kappa shape index (κ2) is 8.95. The lowest BCUT2D eigenvalue weighted by Gasteiger charge is -2.21. The predicted molar refractivity (Wildman–Crippen MR) is 96.7 cm³/mol. The van der Waals surface area contributed by atoms with E-state index < -0.39 is 54.2 Å². The lowest BCUT2D eigenvalue weighted by atomic mass is 9.99. The monoisotopic (exact) mass is 500 g/mol. The van der Waals surface area contributed by atoms with Crippen molar-refractivity contribution in [1.82, 2.24) is 20.4 Å². The molecule has 3 rings (SSSR count). The Morgan fingerprint density at radius 3 is 2.24 bits per heavy atom. The van der Waals surface area contributed by atoms with Crippen molar-refractivity contribution in [2.45, 2.75) is 31.0 Å². The summed E-state index contributed by atoms with van der Waals surface area (Å²) < 4.78 is 119. The molecule has 0 fully saturated rings. The van der Waals surface area contributed by atoms with Crippen LogP contribution < -0.4 is 5.32 Å². The first-order valence-electron chi connectivity index (χ1n) is 9.05. The van der Waals surface area contributed by atoms with Crippen molar-refractivity contribution in [3.63, 3.8) is 0 Å². The Kier molecular flexibility index (Phi) is 6.57. The third-order valence-corrected chi connectivity index (χ3v) is 4.34. The van der Waals surface area contributed by atoms with E-state index in [0.29, 0.717) is 12.1 Å². The van der Waals surface area contributed by atoms with Crippen molar-refractivity contribution in [3.05, 3.63) is 65.3 Å². The Hall–Kier alpha value is -3.65. The van der Waals surface area contributed by atoms with E-state index in [1.165, 1.54) is 12.1 Å². The summed E-state index contributed by atoms with van der Waals surface area (Å²) in [6.45, 7) is 0. The molecule has 0 radical (unpaired) electrons. The highest BCUT2D eigenvalue weighted by Gasteiger charge is 2.40. The maximum atomic E-state index is 13.0. The van der Waals surface area contributed by atoms with Crippen LogP contribution in [0.5, 0.6) is 0 Å². The second-order valence-electron chi connectivity index (χ2n) is 6.81. The number of carbonyl (C=O) groups excluding carboxylic acids is 1. The zero-order valence-corrected chi connectivity index (χ0v) is 16.4. The minimum Gasteiger partial charge on any atom is -0.341 e. The van der Waals surface area contributed by atoms with Crippen molar-refractivity contribution in [2.24, 2.45) is 0 Å². The van der Waals surface area contributed by atoms with Gasteiger partial charge in [0.1, 0.15) is 0 Å². The average Bonchev–Trinajstić information content (AvgIpc) is 3.23. The van der Waals surface area contributed by atoms with Gasteiger partial charge in [-0.25, -0.2) is 0 Å². The van der Waals surface area contributed by atoms with Crippen LogP contribution in [0.3, 0.4) is 0 Å². The summed E-state index contributed by atoms with van der Waals surface area (Å²) in [4.78, 5) is 18.5. The van der Waals surface area contributed by atoms with Gasteiger partial charge in [0, 0.05) is 25.3 Å². The van der Waals surface area contributed by atoms with Gasteiger partial charge in [-0.2, -0.15) is 44.5 Å². The molecule has 15 heteroatoms. The van der Waals surface area contributed by atoms with E-state index in [1.54, 1.807) is 5.32 Å². The fraction of sp³-hybridized carbons (Fsp3) is 0.263. The topological polar surface area (TPSA) is 80.9 Å². The van der Waals surface area contributed by atoms with E-state index in [-0.39, 0.29) is 18.2 Å². The first-order chi connectivity index (χ1) is 15.6. The zero-order chi connectivity index (χ0) is 25.3.